The van der Waals surface area contributed by atoms with Gasteiger partial charge in [0.15, 0.2) is 0 Å². The Labute approximate surface area is 264 Å². The summed E-state index contributed by atoms with van der Waals surface area (Å²) in [5, 5.41) is 12.3. The molecule has 3 heterocycles. The van der Waals surface area contributed by atoms with E-state index in [0.29, 0.717) is 11.4 Å². The van der Waals surface area contributed by atoms with Crippen LogP contribution in [0.3, 0.4) is 0 Å². The Morgan fingerprint density at radius 3 is 2.07 bits per heavy atom. The van der Waals surface area contributed by atoms with Gasteiger partial charge in [-0.2, -0.15) is 0 Å². The maximum atomic E-state index is 11.0. The van der Waals surface area contributed by atoms with E-state index in [9.17, 15) is 5.11 Å². The van der Waals surface area contributed by atoms with Gasteiger partial charge in [-0.05, 0) is 77.3 Å². The van der Waals surface area contributed by atoms with E-state index in [2.05, 4.69) is 78.8 Å². The van der Waals surface area contributed by atoms with Crippen molar-refractivity contribution in [1.82, 2.24) is 19.5 Å². The third kappa shape index (κ3) is 5.45. The SMILES string of the molecule is Cc1ccc(O)c(-c2nc3c(-c4cc(-c5ccccc5)cc(-c5ccc([Si](C)(C)C)cn5)c4)cncc3n2-c2ccccc2)c1. The second-order valence-corrected chi connectivity index (χ2v) is 17.6. The van der Waals surface area contributed by atoms with Gasteiger partial charge in [-0.3, -0.25) is 14.5 Å². The van der Waals surface area contributed by atoms with Crippen LogP contribution >= 0.6 is 0 Å². The van der Waals surface area contributed by atoms with Crippen LogP contribution in [0, 0.1) is 6.92 Å². The molecular weight excluding hydrogens is 569 g/mol. The van der Waals surface area contributed by atoms with Crippen LogP contribution in [0.5, 0.6) is 5.75 Å². The molecular formula is C39H34N4OSi. The van der Waals surface area contributed by atoms with E-state index in [4.69, 9.17) is 15.0 Å². The monoisotopic (exact) mass is 602 g/mol. The minimum Gasteiger partial charge on any atom is -0.507 e. The summed E-state index contributed by atoms with van der Waals surface area (Å²) in [4.78, 5) is 14.9. The van der Waals surface area contributed by atoms with Gasteiger partial charge in [0.2, 0.25) is 0 Å². The first-order valence-corrected chi connectivity index (χ1v) is 18.7. The highest BCUT2D eigenvalue weighted by Gasteiger charge is 2.21. The standard InChI is InChI=1S/C39H34N4OSi/c1-26-15-18-37(44)33(19-26)39-42-38-34(24-40-25-36(38)43(39)31-13-9-6-10-14-31)29-20-28(27-11-7-5-8-12-27)21-30(22-29)35-17-16-32(23-41-35)45(2,3)4/h5-25,44H,1-4H3. The molecule has 0 saturated heterocycles. The molecule has 7 rings (SSSR count). The van der Waals surface area contributed by atoms with Crippen LogP contribution in [0.4, 0.5) is 0 Å². The molecule has 0 spiro atoms. The lowest BCUT2D eigenvalue weighted by molar-refractivity contribution is 0.476. The summed E-state index contributed by atoms with van der Waals surface area (Å²) in [6.07, 6.45) is 5.79. The zero-order chi connectivity index (χ0) is 31.1. The number of hydrogen-bond acceptors (Lipinski definition) is 4. The van der Waals surface area contributed by atoms with E-state index in [-0.39, 0.29) is 5.75 Å². The van der Waals surface area contributed by atoms with Crippen molar-refractivity contribution in [2.75, 3.05) is 0 Å². The number of para-hydroxylation sites is 1. The minimum absolute atomic E-state index is 0.184. The summed E-state index contributed by atoms with van der Waals surface area (Å²) in [5.41, 5.74) is 10.4. The molecule has 0 aliphatic rings. The molecule has 220 valence electrons. The predicted octanol–water partition coefficient (Wildman–Crippen LogP) is 9.04. The molecule has 0 aliphatic heterocycles. The second-order valence-electron chi connectivity index (χ2n) is 12.5. The lowest BCUT2D eigenvalue weighted by Gasteiger charge is -2.16. The number of rotatable bonds is 6. The highest BCUT2D eigenvalue weighted by Crippen LogP contribution is 2.39. The molecule has 7 aromatic rings. The fourth-order valence-corrected chi connectivity index (χ4v) is 6.82. The maximum absolute atomic E-state index is 11.0. The maximum Gasteiger partial charge on any atom is 0.149 e. The normalized spacial score (nSPS) is 11.6. The van der Waals surface area contributed by atoms with Gasteiger partial charge in [-0.1, -0.05) is 85.9 Å². The number of aryl methyl sites for hydroxylation is 1. The van der Waals surface area contributed by atoms with Gasteiger partial charge in [0.25, 0.3) is 0 Å². The Morgan fingerprint density at radius 2 is 1.36 bits per heavy atom. The molecule has 5 nitrogen and oxygen atoms in total. The van der Waals surface area contributed by atoms with Gasteiger partial charge in [0, 0.05) is 29.2 Å². The van der Waals surface area contributed by atoms with E-state index in [0.717, 1.165) is 55.8 Å². The molecule has 4 aromatic carbocycles. The van der Waals surface area contributed by atoms with Crippen molar-refractivity contribution < 1.29 is 5.11 Å². The van der Waals surface area contributed by atoms with Crippen LogP contribution in [0.15, 0.2) is 128 Å². The summed E-state index contributed by atoms with van der Waals surface area (Å²) in [7, 11) is -1.48. The third-order valence-corrected chi connectivity index (χ3v) is 10.3. The number of imidazole rings is 1. The van der Waals surface area contributed by atoms with E-state index in [1.165, 1.54) is 5.19 Å². The largest absolute Gasteiger partial charge is 0.507 e. The highest BCUT2D eigenvalue weighted by molar-refractivity contribution is 6.88. The van der Waals surface area contributed by atoms with Crippen LogP contribution in [-0.2, 0) is 0 Å². The van der Waals surface area contributed by atoms with Crippen LogP contribution in [-0.4, -0.2) is 32.7 Å². The van der Waals surface area contributed by atoms with Crippen LogP contribution < -0.4 is 5.19 Å². The van der Waals surface area contributed by atoms with Crippen LogP contribution in [0.1, 0.15) is 5.56 Å². The van der Waals surface area contributed by atoms with Gasteiger partial charge in [-0.15, -0.1) is 0 Å². The molecule has 6 heteroatoms. The summed E-state index contributed by atoms with van der Waals surface area (Å²) < 4.78 is 2.08. The Hall–Kier alpha value is -5.33. The summed E-state index contributed by atoms with van der Waals surface area (Å²) >= 11 is 0. The molecule has 0 atom stereocenters. The quantitative estimate of drug-likeness (QED) is 0.193. The predicted molar refractivity (Wildman–Crippen MR) is 188 cm³/mol. The first-order chi connectivity index (χ1) is 21.8. The number of aromatic nitrogens is 4. The smallest absolute Gasteiger partial charge is 0.149 e. The Balaban J connectivity index is 1.48. The Bertz CT molecular complexity index is 2150. The fourth-order valence-electron chi connectivity index (χ4n) is 5.79. The number of nitrogens with zero attached hydrogens (tertiary/aromatic N) is 4. The van der Waals surface area contributed by atoms with E-state index >= 15 is 0 Å². The van der Waals surface area contributed by atoms with Crippen molar-refractivity contribution in [3.63, 3.8) is 0 Å². The second kappa shape index (κ2) is 11.3. The number of hydrogen-bond donors (Lipinski definition) is 1. The van der Waals surface area contributed by atoms with E-state index in [1.54, 1.807) is 6.07 Å². The Kier molecular flexibility index (Phi) is 7.14. The molecule has 1 N–H and O–H groups in total. The van der Waals surface area contributed by atoms with Gasteiger partial charge < -0.3 is 5.11 Å². The van der Waals surface area contributed by atoms with E-state index in [1.807, 2.05) is 74.0 Å². The van der Waals surface area contributed by atoms with Crippen LogP contribution in [0.2, 0.25) is 19.6 Å². The number of phenols is 1. The lowest BCUT2D eigenvalue weighted by Crippen LogP contribution is -2.37. The number of fused-ring (bicyclic) bond motifs is 1. The van der Waals surface area contributed by atoms with Gasteiger partial charge in [0.05, 0.1) is 31.0 Å². The van der Waals surface area contributed by atoms with Crippen molar-refractivity contribution in [3.8, 4) is 56.3 Å². The molecule has 0 radical (unpaired) electrons. The van der Waals surface area contributed by atoms with Gasteiger partial charge in [0.1, 0.15) is 17.1 Å². The molecule has 45 heavy (non-hydrogen) atoms. The van der Waals surface area contributed by atoms with Gasteiger partial charge in [-0.25, -0.2) is 4.98 Å². The van der Waals surface area contributed by atoms with Crippen molar-refractivity contribution in [2.24, 2.45) is 0 Å². The van der Waals surface area contributed by atoms with Crippen molar-refractivity contribution >= 4 is 24.3 Å². The zero-order valence-electron chi connectivity index (χ0n) is 25.9. The average Bonchev–Trinajstić information content (AvgIpc) is 3.46. The molecule has 0 amide bonds. The van der Waals surface area contributed by atoms with Crippen molar-refractivity contribution in [1.29, 1.82) is 0 Å². The topological polar surface area (TPSA) is 63.8 Å². The molecule has 3 aromatic heterocycles. The first-order valence-electron chi connectivity index (χ1n) is 15.2. The summed E-state index contributed by atoms with van der Waals surface area (Å²) in [6, 6.07) is 37.1. The fraction of sp³-hybridized carbons (Fsp3) is 0.103. The highest BCUT2D eigenvalue weighted by atomic mass is 28.3. The third-order valence-electron chi connectivity index (χ3n) is 8.25. The Morgan fingerprint density at radius 1 is 0.644 bits per heavy atom. The van der Waals surface area contributed by atoms with Gasteiger partial charge >= 0.3 is 0 Å². The molecule has 0 fully saturated rings. The number of pyridine rings is 2. The number of benzene rings is 4. The average molecular weight is 603 g/mol. The number of aromatic hydroxyl groups is 1. The van der Waals surface area contributed by atoms with Crippen LogP contribution in [0.25, 0.3) is 61.6 Å². The first kappa shape index (κ1) is 28.4. The van der Waals surface area contributed by atoms with Crippen molar-refractivity contribution in [2.45, 2.75) is 26.6 Å². The lowest BCUT2D eigenvalue weighted by atomic mass is 9.95. The molecule has 0 bridgehead atoms. The minimum atomic E-state index is -1.48. The zero-order valence-corrected chi connectivity index (χ0v) is 26.9. The molecule has 0 unspecified atom stereocenters. The molecule has 0 saturated carbocycles. The van der Waals surface area contributed by atoms with E-state index < -0.39 is 8.07 Å². The summed E-state index contributed by atoms with van der Waals surface area (Å²) in [5.74, 6) is 0.846. The number of phenolic OH excluding ortho intramolecular Hbond substituents is 1. The van der Waals surface area contributed by atoms with Crippen molar-refractivity contribution in [3.05, 3.63) is 133 Å². The molecule has 0 aliphatic carbocycles. The summed E-state index contributed by atoms with van der Waals surface area (Å²) in [6.45, 7) is 9.03.